The fourth-order valence-corrected chi connectivity index (χ4v) is 1.78. The first-order valence-electron chi connectivity index (χ1n) is 4.32. The van der Waals surface area contributed by atoms with Gasteiger partial charge in [-0.2, -0.15) is 0 Å². The standard InChI is InChI=1S/C9H6ClN5/c10-8-7-5(6-2-11-3-13-6)1-12-9(7)15-4-14-8/h1-4H,(H,11,13)(H,12,14,15). The summed E-state index contributed by atoms with van der Waals surface area (Å²) in [6.45, 7) is 0. The zero-order chi connectivity index (χ0) is 10.3. The van der Waals surface area contributed by atoms with Gasteiger partial charge in [-0.15, -0.1) is 0 Å². The van der Waals surface area contributed by atoms with Gasteiger partial charge in [0.1, 0.15) is 17.1 Å². The minimum absolute atomic E-state index is 0.436. The Morgan fingerprint density at radius 2 is 2.13 bits per heavy atom. The van der Waals surface area contributed by atoms with Crippen LogP contribution in [0.4, 0.5) is 0 Å². The molecule has 6 heteroatoms. The zero-order valence-corrected chi connectivity index (χ0v) is 8.28. The molecule has 0 aliphatic rings. The highest BCUT2D eigenvalue weighted by atomic mass is 35.5. The van der Waals surface area contributed by atoms with Gasteiger partial charge in [0.05, 0.1) is 23.6 Å². The van der Waals surface area contributed by atoms with Gasteiger partial charge in [-0.25, -0.2) is 15.0 Å². The maximum atomic E-state index is 6.02. The Labute approximate surface area is 89.6 Å². The van der Waals surface area contributed by atoms with Crippen LogP contribution in [0.15, 0.2) is 25.0 Å². The van der Waals surface area contributed by atoms with Gasteiger partial charge < -0.3 is 9.97 Å². The van der Waals surface area contributed by atoms with Crippen LogP contribution in [-0.4, -0.2) is 24.9 Å². The van der Waals surface area contributed by atoms with E-state index in [0.717, 1.165) is 22.3 Å². The first kappa shape index (κ1) is 8.43. The van der Waals surface area contributed by atoms with Gasteiger partial charge in [-0.3, -0.25) is 0 Å². The first-order valence-corrected chi connectivity index (χ1v) is 4.70. The van der Waals surface area contributed by atoms with Crippen molar-refractivity contribution in [3.63, 3.8) is 0 Å². The summed E-state index contributed by atoms with van der Waals surface area (Å²) in [6, 6.07) is 0. The molecule has 0 bridgehead atoms. The molecule has 0 spiro atoms. The highest BCUT2D eigenvalue weighted by Crippen LogP contribution is 2.29. The molecule has 74 valence electrons. The van der Waals surface area contributed by atoms with E-state index in [1.54, 1.807) is 12.5 Å². The fraction of sp³-hybridized carbons (Fsp3) is 0. The Morgan fingerprint density at radius 1 is 1.20 bits per heavy atom. The van der Waals surface area contributed by atoms with E-state index in [9.17, 15) is 0 Å². The summed E-state index contributed by atoms with van der Waals surface area (Å²) in [6.07, 6.45) is 6.61. The zero-order valence-electron chi connectivity index (χ0n) is 7.53. The van der Waals surface area contributed by atoms with Crippen LogP contribution in [0.2, 0.25) is 5.15 Å². The fourth-order valence-electron chi connectivity index (χ4n) is 1.54. The Kier molecular flexibility index (Phi) is 1.72. The Hall–Kier alpha value is -1.88. The van der Waals surface area contributed by atoms with E-state index in [0.29, 0.717) is 5.15 Å². The van der Waals surface area contributed by atoms with E-state index < -0.39 is 0 Å². The third-order valence-electron chi connectivity index (χ3n) is 2.21. The lowest BCUT2D eigenvalue weighted by atomic mass is 10.2. The number of aromatic amines is 2. The van der Waals surface area contributed by atoms with Gasteiger partial charge in [-0.05, 0) is 0 Å². The molecule has 0 aliphatic heterocycles. The second-order valence-corrected chi connectivity index (χ2v) is 3.41. The second-order valence-electron chi connectivity index (χ2n) is 3.06. The number of rotatable bonds is 1. The molecule has 0 unspecified atom stereocenters. The van der Waals surface area contributed by atoms with E-state index in [1.807, 2.05) is 6.20 Å². The second kappa shape index (κ2) is 3.06. The highest BCUT2D eigenvalue weighted by molar-refractivity contribution is 6.35. The Balaban J connectivity index is 2.37. The lowest BCUT2D eigenvalue weighted by Crippen LogP contribution is -1.82. The van der Waals surface area contributed by atoms with Gasteiger partial charge in [0.2, 0.25) is 0 Å². The van der Waals surface area contributed by atoms with Crippen LogP contribution < -0.4 is 0 Å². The molecule has 3 rings (SSSR count). The summed E-state index contributed by atoms with van der Waals surface area (Å²) in [7, 11) is 0. The van der Waals surface area contributed by atoms with Crippen molar-refractivity contribution < 1.29 is 0 Å². The maximum Gasteiger partial charge on any atom is 0.142 e. The summed E-state index contributed by atoms with van der Waals surface area (Å²) in [5.41, 5.74) is 2.53. The normalized spacial score (nSPS) is 11.0. The van der Waals surface area contributed by atoms with Crippen LogP contribution >= 0.6 is 11.6 Å². The number of hydrogen-bond acceptors (Lipinski definition) is 3. The molecule has 3 heterocycles. The first-order chi connectivity index (χ1) is 7.36. The molecule has 3 aromatic rings. The molecule has 5 nitrogen and oxygen atoms in total. The van der Waals surface area contributed by atoms with Crippen molar-refractivity contribution in [3.05, 3.63) is 30.2 Å². The van der Waals surface area contributed by atoms with Crippen molar-refractivity contribution >= 4 is 22.6 Å². The molecule has 15 heavy (non-hydrogen) atoms. The molecule has 3 aromatic heterocycles. The van der Waals surface area contributed by atoms with Crippen LogP contribution in [0.1, 0.15) is 0 Å². The van der Waals surface area contributed by atoms with E-state index in [4.69, 9.17) is 11.6 Å². The van der Waals surface area contributed by atoms with Gasteiger partial charge in [-0.1, -0.05) is 11.6 Å². The number of fused-ring (bicyclic) bond motifs is 1. The van der Waals surface area contributed by atoms with Gasteiger partial charge in [0.15, 0.2) is 0 Å². The van der Waals surface area contributed by atoms with Crippen LogP contribution in [0.5, 0.6) is 0 Å². The minimum atomic E-state index is 0.436. The molecule has 0 fully saturated rings. The van der Waals surface area contributed by atoms with E-state index >= 15 is 0 Å². The minimum Gasteiger partial charge on any atom is -0.345 e. The van der Waals surface area contributed by atoms with Crippen molar-refractivity contribution in [2.75, 3.05) is 0 Å². The number of H-pyrrole nitrogens is 2. The van der Waals surface area contributed by atoms with E-state index in [-0.39, 0.29) is 0 Å². The number of imidazole rings is 1. The van der Waals surface area contributed by atoms with Crippen LogP contribution in [-0.2, 0) is 0 Å². The number of halogens is 1. The lowest BCUT2D eigenvalue weighted by molar-refractivity contribution is 1.20. The largest absolute Gasteiger partial charge is 0.345 e. The third-order valence-corrected chi connectivity index (χ3v) is 2.50. The van der Waals surface area contributed by atoms with Crippen LogP contribution in [0.3, 0.4) is 0 Å². The summed E-state index contributed by atoms with van der Waals surface area (Å²) in [5.74, 6) is 0. The number of aromatic nitrogens is 5. The maximum absolute atomic E-state index is 6.02. The third kappa shape index (κ3) is 1.20. The van der Waals surface area contributed by atoms with Gasteiger partial charge >= 0.3 is 0 Å². The van der Waals surface area contributed by atoms with Gasteiger partial charge in [0, 0.05) is 11.8 Å². The SMILES string of the molecule is Clc1ncnc2[nH]cc(-c3cnc[nH]3)c12. The summed E-state index contributed by atoms with van der Waals surface area (Å²) in [4.78, 5) is 18.0. The van der Waals surface area contributed by atoms with Gasteiger partial charge in [0.25, 0.3) is 0 Å². The molecule has 0 amide bonds. The number of nitrogens with one attached hydrogen (secondary N) is 2. The van der Waals surface area contributed by atoms with E-state index in [1.165, 1.54) is 6.33 Å². The van der Waals surface area contributed by atoms with E-state index in [2.05, 4.69) is 24.9 Å². The monoisotopic (exact) mass is 219 g/mol. The average Bonchev–Trinajstić information content (AvgIpc) is 2.85. The summed E-state index contributed by atoms with van der Waals surface area (Å²) in [5, 5.41) is 1.24. The van der Waals surface area contributed by atoms with Crippen molar-refractivity contribution in [1.82, 2.24) is 24.9 Å². The summed E-state index contributed by atoms with van der Waals surface area (Å²) < 4.78 is 0. The molecular formula is C9H6ClN5. The smallest absolute Gasteiger partial charge is 0.142 e. The quantitative estimate of drug-likeness (QED) is 0.615. The topological polar surface area (TPSA) is 70.2 Å². The van der Waals surface area contributed by atoms with Crippen molar-refractivity contribution in [3.8, 4) is 11.3 Å². The number of hydrogen-bond donors (Lipinski definition) is 2. The molecule has 2 N–H and O–H groups in total. The lowest BCUT2D eigenvalue weighted by Gasteiger charge is -1.95. The Morgan fingerprint density at radius 3 is 2.93 bits per heavy atom. The molecule has 0 aromatic carbocycles. The van der Waals surface area contributed by atoms with Crippen LogP contribution in [0, 0.1) is 0 Å². The van der Waals surface area contributed by atoms with Crippen molar-refractivity contribution in [2.24, 2.45) is 0 Å². The highest BCUT2D eigenvalue weighted by Gasteiger charge is 2.11. The number of nitrogens with zero attached hydrogens (tertiary/aromatic N) is 3. The van der Waals surface area contributed by atoms with Crippen molar-refractivity contribution in [2.45, 2.75) is 0 Å². The molecule has 0 saturated carbocycles. The van der Waals surface area contributed by atoms with Crippen LogP contribution in [0.25, 0.3) is 22.3 Å². The molecule has 0 saturated heterocycles. The summed E-state index contributed by atoms with van der Waals surface area (Å²) >= 11 is 6.02. The predicted octanol–water partition coefficient (Wildman–Crippen LogP) is 2.00. The average molecular weight is 220 g/mol. The molecule has 0 radical (unpaired) electrons. The molecule has 0 atom stereocenters. The predicted molar refractivity (Wildman–Crippen MR) is 56.5 cm³/mol. The van der Waals surface area contributed by atoms with Crippen molar-refractivity contribution in [1.29, 1.82) is 0 Å². The Bertz CT molecular complexity index is 598. The molecule has 0 aliphatic carbocycles. The molecular weight excluding hydrogens is 214 g/mol.